The van der Waals surface area contributed by atoms with Crippen molar-refractivity contribution in [1.29, 1.82) is 0 Å². The number of nitrogens with zero attached hydrogens (tertiary/aromatic N) is 2. The van der Waals surface area contributed by atoms with E-state index in [0.717, 1.165) is 29.6 Å². The summed E-state index contributed by atoms with van der Waals surface area (Å²) in [5.74, 6) is 2.31. The standard InChI is InChI=1S/C19H24ClN3O/c1-3-16-18(23-7-6-14(20)10-17(23)22-16)19(24)21-11(2)15-9-12-4-5-13(15)8-12/h6-7,10-13,15H,3-5,8-9H2,1-2H3,(H,21,24). The van der Waals surface area contributed by atoms with Crippen molar-refractivity contribution in [1.82, 2.24) is 14.7 Å². The molecule has 0 aromatic carbocycles. The van der Waals surface area contributed by atoms with Crippen LogP contribution >= 0.6 is 11.6 Å². The normalized spacial score (nSPS) is 26.9. The van der Waals surface area contributed by atoms with Crippen LogP contribution in [0.2, 0.25) is 5.02 Å². The SMILES string of the molecule is CCc1nc2cc(Cl)ccn2c1C(=O)NC(C)C1CC2CCC1C2. The maximum absolute atomic E-state index is 13.0. The van der Waals surface area contributed by atoms with Crippen LogP contribution in [0, 0.1) is 17.8 Å². The van der Waals surface area contributed by atoms with Crippen LogP contribution in [-0.4, -0.2) is 21.3 Å². The highest BCUT2D eigenvalue weighted by atomic mass is 35.5. The molecule has 4 atom stereocenters. The van der Waals surface area contributed by atoms with Gasteiger partial charge >= 0.3 is 0 Å². The van der Waals surface area contributed by atoms with Crippen LogP contribution in [-0.2, 0) is 6.42 Å². The lowest BCUT2D eigenvalue weighted by molar-refractivity contribution is 0.0908. The fourth-order valence-corrected chi connectivity index (χ4v) is 5.00. The maximum Gasteiger partial charge on any atom is 0.270 e. The van der Waals surface area contributed by atoms with Gasteiger partial charge in [-0.25, -0.2) is 4.98 Å². The number of carbonyl (C=O) groups is 1. The van der Waals surface area contributed by atoms with Crippen LogP contribution in [0.5, 0.6) is 0 Å². The molecule has 2 heterocycles. The molecule has 2 bridgehead atoms. The van der Waals surface area contributed by atoms with E-state index in [1.165, 1.54) is 25.7 Å². The Labute approximate surface area is 147 Å². The second-order valence-electron chi connectivity index (χ2n) is 7.43. The highest BCUT2D eigenvalue weighted by Gasteiger charge is 2.42. The zero-order valence-corrected chi connectivity index (χ0v) is 15.0. The average Bonchev–Trinajstić information content (AvgIpc) is 3.27. The third-order valence-electron chi connectivity index (χ3n) is 6.00. The number of nitrogens with one attached hydrogen (secondary N) is 1. The Kier molecular flexibility index (Phi) is 4.03. The lowest BCUT2D eigenvalue weighted by atomic mass is 9.84. The summed E-state index contributed by atoms with van der Waals surface area (Å²) in [5.41, 5.74) is 2.21. The summed E-state index contributed by atoms with van der Waals surface area (Å²) >= 11 is 6.06. The fraction of sp³-hybridized carbons (Fsp3) is 0.579. The van der Waals surface area contributed by atoms with E-state index in [1.807, 2.05) is 17.5 Å². The zero-order valence-electron chi connectivity index (χ0n) is 14.3. The van der Waals surface area contributed by atoms with Gasteiger partial charge in [0.15, 0.2) is 0 Å². The number of aromatic nitrogens is 2. The van der Waals surface area contributed by atoms with Gasteiger partial charge in [0.1, 0.15) is 11.3 Å². The molecule has 4 rings (SSSR count). The van der Waals surface area contributed by atoms with Crippen molar-refractivity contribution in [3.63, 3.8) is 0 Å². The number of hydrogen-bond donors (Lipinski definition) is 1. The van der Waals surface area contributed by atoms with Crippen molar-refractivity contribution >= 4 is 23.2 Å². The summed E-state index contributed by atoms with van der Waals surface area (Å²) in [6.45, 7) is 4.19. The van der Waals surface area contributed by atoms with Crippen molar-refractivity contribution in [2.24, 2.45) is 17.8 Å². The lowest BCUT2D eigenvalue weighted by Gasteiger charge is -2.28. The number of imidazole rings is 1. The van der Waals surface area contributed by atoms with Gasteiger partial charge in [-0.3, -0.25) is 9.20 Å². The molecule has 2 saturated carbocycles. The van der Waals surface area contributed by atoms with E-state index in [-0.39, 0.29) is 11.9 Å². The number of amides is 1. The Morgan fingerprint density at radius 3 is 2.96 bits per heavy atom. The highest BCUT2D eigenvalue weighted by molar-refractivity contribution is 6.30. The number of aryl methyl sites for hydroxylation is 1. The maximum atomic E-state index is 13.0. The zero-order chi connectivity index (χ0) is 16.8. The Morgan fingerprint density at radius 1 is 1.46 bits per heavy atom. The summed E-state index contributed by atoms with van der Waals surface area (Å²) in [7, 11) is 0. The first-order valence-corrected chi connectivity index (χ1v) is 9.42. The summed E-state index contributed by atoms with van der Waals surface area (Å²) in [5, 5.41) is 3.89. The predicted molar refractivity (Wildman–Crippen MR) is 95.4 cm³/mol. The lowest BCUT2D eigenvalue weighted by Crippen LogP contribution is -2.40. The topological polar surface area (TPSA) is 46.4 Å². The largest absolute Gasteiger partial charge is 0.348 e. The Balaban J connectivity index is 1.59. The number of rotatable bonds is 4. The van der Waals surface area contributed by atoms with E-state index in [0.29, 0.717) is 16.6 Å². The molecule has 0 radical (unpaired) electrons. The molecular weight excluding hydrogens is 322 g/mol. The average molecular weight is 346 g/mol. The summed E-state index contributed by atoms with van der Waals surface area (Å²) in [4.78, 5) is 17.5. The van der Waals surface area contributed by atoms with Crippen LogP contribution in [0.3, 0.4) is 0 Å². The van der Waals surface area contributed by atoms with Gasteiger partial charge in [-0.1, -0.05) is 24.9 Å². The van der Waals surface area contributed by atoms with E-state index in [2.05, 4.69) is 17.2 Å². The van der Waals surface area contributed by atoms with Gasteiger partial charge < -0.3 is 5.32 Å². The van der Waals surface area contributed by atoms with Gasteiger partial charge in [0.2, 0.25) is 0 Å². The molecule has 2 fully saturated rings. The Morgan fingerprint density at radius 2 is 2.29 bits per heavy atom. The monoisotopic (exact) mass is 345 g/mol. The van der Waals surface area contributed by atoms with Crippen LogP contribution in [0.25, 0.3) is 5.65 Å². The minimum absolute atomic E-state index is 0.0167. The molecular formula is C19H24ClN3O. The molecule has 5 heteroatoms. The van der Waals surface area contributed by atoms with Gasteiger partial charge in [0, 0.05) is 23.3 Å². The molecule has 1 amide bonds. The predicted octanol–water partition coefficient (Wildman–Crippen LogP) is 4.10. The molecule has 24 heavy (non-hydrogen) atoms. The number of carbonyl (C=O) groups excluding carboxylic acids is 1. The van der Waals surface area contributed by atoms with Gasteiger partial charge in [-0.15, -0.1) is 0 Å². The second kappa shape index (κ2) is 6.07. The van der Waals surface area contributed by atoms with Crippen molar-refractivity contribution < 1.29 is 4.79 Å². The molecule has 128 valence electrons. The van der Waals surface area contributed by atoms with Gasteiger partial charge in [-0.2, -0.15) is 0 Å². The van der Waals surface area contributed by atoms with Crippen molar-refractivity contribution in [2.45, 2.75) is 52.0 Å². The van der Waals surface area contributed by atoms with Crippen LogP contribution in [0.1, 0.15) is 55.7 Å². The molecule has 2 aromatic heterocycles. The Hall–Kier alpha value is -1.55. The first-order valence-electron chi connectivity index (χ1n) is 9.04. The first kappa shape index (κ1) is 15.9. The third-order valence-corrected chi connectivity index (χ3v) is 6.24. The van der Waals surface area contributed by atoms with Crippen LogP contribution in [0.15, 0.2) is 18.3 Å². The number of halogens is 1. The smallest absolute Gasteiger partial charge is 0.270 e. The number of pyridine rings is 1. The van der Waals surface area contributed by atoms with Crippen molar-refractivity contribution in [3.8, 4) is 0 Å². The van der Waals surface area contributed by atoms with Gasteiger partial charge in [0.25, 0.3) is 5.91 Å². The molecule has 0 spiro atoms. The molecule has 4 nitrogen and oxygen atoms in total. The fourth-order valence-electron chi connectivity index (χ4n) is 4.84. The van der Waals surface area contributed by atoms with Crippen LogP contribution in [0.4, 0.5) is 0 Å². The number of fused-ring (bicyclic) bond motifs is 3. The minimum atomic E-state index is -0.0167. The Bertz CT molecular complexity index is 784. The number of hydrogen-bond acceptors (Lipinski definition) is 2. The van der Waals surface area contributed by atoms with Crippen LogP contribution < -0.4 is 5.32 Å². The van der Waals surface area contributed by atoms with E-state index in [4.69, 9.17) is 11.6 Å². The van der Waals surface area contributed by atoms with E-state index in [9.17, 15) is 4.79 Å². The summed E-state index contributed by atoms with van der Waals surface area (Å²) in [6.07, 6.45) is 7.92. The van der Waals surface area contributed by atoms with Gasteiger partial charge in [0.05, 0.1) is 5.69 Å². The van der Waals surface area contributed by atoms with Crippen molar-refractivity contribution in [3.05, 3.63) is 34.7 Å². The minimum Gasteiger partial charge on any atom is -0.348 e. The molecule has 4 unspecified atom stereocenters. The van der Waals surface area contributed by atoms with E-state index < -0.39 is 0 Å². The molecule has 0 saturated heterocycles. The molecule has 2 aliphatic carbocycles. The second-order valence-corrected chi connectivity index (χ2v) is 7.87. The first-order chi connectivity index (χ1) is 11.6. The van der Waals surface area contributed by atoms with Gasteiger partial charge in [-0.05, 0) is 56.4 Å². The molecule has 0 aliphatic heterocycles. The van der Waals surface area contributed by atoms with E-state index in [1.54, 1.807) is 12.1 Å². The molecule has 2 aliphatic rings. The molecule has 2 aromatic rings. The third kappa shape index (κ3) is 2.61. The summed E-state index contributed by atoms with van der Waals surface area (Å²) < 4.78 is 1.85. The van der Waals surface area contributed by atoms with E-state index >= 15 is 0 Å². The summed E-state index contributed by atoms with van der Waals surface area (Å²) in [6, 6.07) is 3.82. The highest BCUT2D eigenvalue weighted by Crippen LogP contribution is 2.49. The van der Waals surface area contributed by atoms with Crippen molar-refractivity contribution in [2.75, 3.05) is 0 Å². The molecule has 1 N–H and O–H groups in total. The quantitative estimate of drug-likeness (QED) is 0.906.